The van der Waals surface area contributed by atoms with Crippen LogP contribution in [-0.4, -0.2) is 41.0 Å². The van der Waals surface area contributed by atoms with Crippen LogP contribution >= 0.6 is 0 Å². The smallest absolute Gasteiger partial charge is 0.308 e. The summed E-state index contributed by atoms with van der Waals surface area (Å²) in [5.41, 5.74) is 2.87. The lowest BCUT2D eigenvalue weighted by Gasteiger charge is -2.14. The first-order valence-electron chi connectivity index (χ1n) is 15.9. The molecule has 0 spiro atoms. The van der Waals surface area contributed by atoms with Crippen molar-refractivity contribution in [2.75, 3.05) is 31.9 Å². The number of urea groups is 4. The molecule has 0 aliphatic rings. The molecule has 54 heavy (non-hydrogen) atoms. The van der Waals surface area contributed by atoms with E-state index in [9.17, 15) is 36.0 Å². The normalized spacial score (nSPS) is 11.0. The summed E-state index contributed by atoms with van der Waals surface area (Å²) in [6, 6.07) is 26.6. The van der Waals surface area contributed by atoms with Crippen LogP contribution in [0.5, 0.6) is 0 Å². The third-order valence-corrected chi connectivity index (χ3v) is 10.0. The molecule has 278 valence electrons. The molecule has 0 saturated heterocycles. The van der Waals surface area contributed by atoms with Crippen LogP contribution in [0.3, 0.4) is 0 Å². The molecule has 8 N–H and O–H groups in total. The van der Waals surface area contributed by atoms with E-state index in [1.165, 1.54) is 72.8 Å². The van der Waals surface area contributed by atoms with E-state index < -0.39 is 44.2 Å². The number of rotatable bonds is 10. The van der Waals surface area contributed by atoms with E-state index in [4.69, 9.17) is 0 Å². The summed E-state index contributed by atoms with van der Waals surface area (Å²) in [6.07, 6.45) is 0. The highest BCUT2D eigenvalue weighted by molar-refractivity contribution is 7.90. The highest BCUT2D eigenvalue weighted by Crippen LogP contribution is 2.23. The molecule has 8 amide bonds. The third kappa shape index (κ3) is 10.6. The minimum Gasteiger partial charge on any atom is -0.308 e. The lowest BCUT2D eigenvalue weighted by molar-refractivity contribution is 0.255. The maximum atomic E-state index is 13.1. The highest BCUT2D eigenvalue weighted by Gasteiger charge is 2.24. The number of hydrogen-bond acceptors (Lipinski definition) is 8. The Labute approximate surface area is 310 Å². The summed E-state index contributed by atoms with van der Waals surface area (Å²) in [4.78, 5) is 49.8. The molecule has 0 saturated carbocycles. The van der Waals surface area contributed by atoms with Gasteiger partial charge in [-0.15, -0.1) is 0 Å². The van der Waals surface area contributed by atoms with Crippen molar-refractivity contribution >= 4 is 78.3 Å². The number of para-hydroxylation sites is 2. The lowest BCUT2D eigenvalue weighted by Crippen LogP contribution is -2.35. The Bertz CT molecular complexity index is 2270. The third-order valence-electron chi connectivity index (χ3n) is 7.26. The molecule has 18 heteroatoms. The second-order valence-electron chi connectivity index (χ2n) is 11.6. The van der Waals surface area contributed by atoms with Gasteiger partial charge in [-0.1, -0.05) is 48.5 Å². The highest BCUT2D eigenvalue weighted by atomic mass is 32.2. The number of nitrogens with one attached hydrogen (secondary N) is 8. The van der Waals surface area contributed by atoms with Crippen LogP contribution in [0, 0.1) is 13.8 Å². The molecule has 16 nitrogen and oxygen atoms in total. The van der Waals surface area contributed by atoms with E-state index in [2.05, 4.69) is 31.9 Å². The Hall–Kier alpha value is -6.92. The molecule has 0 unspecified atom stereocenters. The second-order valence-corrected chi connectivity index (χ2v) is 14.9. The van der Waals surface area contributed by atoms with E-state index in [0.29, 0.717) is 11.4 Å². The Morgan fingerprint density at radius 1 is 0.389 bits per heavy atom. The van der Waals surface area contributed by atoms with Crippen LogP contribution in [0.2, 0.25) is 0 Å². The largest absolute Gasteiger partial charge is 0.333 e. The Morgan fingerprint density at radius 2 is 0.741 bits per heavy atom. The minimum absolute atomic E-state index is 0.0814. The van der Waals surface area contributed by atoms with Gasteiger partial charge in [0.05, 0.1) is 11.4 Å². The standard InChI is InChI=1S/C36H34N8O8S2/c1-23-9-7-11-27(21-23)39-33(45)41-29-13-3-5-15-31(29)53(49,50)43-35(47)37-25-17-19-26(20-18-25)38-36(48)44-54(51,52)32-16-6-4-14-30(32)42-34(46)40-28-12-8-10-24(2)22-28/h3-22H,1-2H3,(H2,37,43,47)(H2,38,44,48)(H2,39,41,45)(H2,40,42,46). The summed E-state index contributed by atoms with van der Waals surface area (Å²) in [5, 5.41) is 14.9. The van der Waals surface area contributed by atoms with E-state index in [-0.39, 0.29) is 32.5 Å². The SMILES string of the molecule is Cc1cccc(NC(=O)Nc2ccccc2S(=O)(=O)NC(=O)Nc2ccc(NC(=O)NS(=O)(=O)c3ccccc3NC(=O)Nc3cccc(C)c3)cc2)c1. The molecule has 0 heterocycles. The summed E-state index contributed by atoms with van der Waals surface area (Å²) >= 11 is 0. The summed E-state index contributed by atoms with van der Waals surface area (Å²) in [7, 11) is -8.96. The molecule has 5 aromatic carbocycles. The van der Waals surface area contributed by atoms with Gasteiger partial charge in [0.2, 0.25) is 0 Å². The Balaban J connectivity index is 1.15. The first-order valence-corrected chi connectivity index (χ1v) is 18.9. The van der Waals surface area contributed by atoms with Gasteiger partial charge in [-0.3, -0.25) is 0 Å². The zero-order valence-corrected chi connectivity index (χ0v) is 30.3. The van der Waals surface area contributed by atoms with Gasteiger partial charge in [-0.25, -0.2) is 45.5 Å². The zero-order chi connectivity index (χ0) is 38.9. The predicted molar refractivity (Wildman–Crippen MR) is 206 cm³/mol. The van der Waals surface area contributed by atoms with Gasteiger partial charge in [0.15, 0.2) is 0 Å². The van der Waals surface area contributed by atoms with E-state index in [1.54, 1.807) is 36.4 Å². The number of amides is 8. The predicted octanol–water partition coefficient (Wildman–Crippen LogP) is 6.61. The summed E-state index contributed by atoms with van der Waals surface area (Å²) < 4.78 is 56.2. The summed E-state index contributed by atoms with van der Waals surface area (Å²) in [5.74, 6) is 0. The number of anilines is 6. The van der Waals surface area contributed by atoms with Crippen LogP contribution in [-0.2, 0) is 20.0 Å². The first-order chi connectivity index (χ1) is 25.7. The van der Waals surface area contributed by atoms with Crippen LogP contribution in [0.15, 0.2) is 131 Å². The monoisotopic (exact) mass is 770 g/mol. The quantitative estimate of drug-likeness (QED) is 0.0768. The van der Waals surface area contributed by atoms with Crippen LogP contribution in [0.4, 0.5) is 53.3 Å². The van der Waals surface area contributed by atoms with E-state index >= 15 is 0 Å². The van der Waals surface area contributed by atoms with Crippen molar-refractivity contribution in [2.45, 2.75) is 23.6 Å². The molecule has 0 aliphatic carbocycles. The van der Waals surface area contributed by atoms with Crippen LogP contribution < -0.4 is 41.3 Å². The fourth-order valence-corrected chi connectivity index (χ4v) is 7.07. The minimum atomic E-state index is -4.48. The van der Waals surface area contributed by atoms with Gasteiger partial charge in [0.25, 0.3) is 20.0 Å². The second kappa shape index (κ2) is 16.6. The van der Waals surface area contributed by atoms with Crippen molar-refractivity contribution < 1.29 is 36.0 Å². The molecule has 0 atom stereocenters. The van der Waals surface area contributed by atoms with E-state index in [1.807, 2.05) is 35.4 Å². The molecule has 5 rings (SSSR count). The summed E-state index contributed by atoms with van der Waals surface area (Å²) in [6.45, 7) is 3.70. The number of carbonyl (C=O) groups is 4. The van der Waals surface area contributed by atoms with Crippen molar-refractivity contribution in [2.24, 2.45) is 0 Å². The van der Waals surface area contributed by atoms with Gasteiger partial charge in [-0.2, -0.15) is 0 Å². The van der Waals surface area contributed by atoms with Crippen molar-refractivity contribution in [1.82, 2.24) is 9.44 Å². The number of aryl methyl sites for hydroxylation is 2. The Morgan fingerprint density at radius 3 is 1.11 bits per heavy atom. The van der Waals surface area contributed by atoms with Crippen LogP contribution in [0.1, 0.15) is 11.1 Å². The molecular weight excluding hydrogens is 737 g/mol. The van der Waals surface area contributed by atoms with Crippen molar-refractivity contribution in [1.29, 1.82) is 0 Å². The number of benzene rings is 5. The van der Waals surface area contributed by atoms with Gasteiger partial charge in [0, 0.05) is 22.7 Å². The van der Waals surface area contributed by atoms with Crippen LogP contribution in [0.25, 0.3) is 0 Å². The molecule has 0 aliphatic heterocycles. The van der Waals surface area contributed by atoms with Gasteiger partial charge < -0.3 is 31.9 Å². The fraction of sp³-hybridized carbons (Fsp3) is 0.0556. The number of hydrogen-bond donors (Lipinski definition) is 8. The molecule has 0 fully saturated rings. The molecule has 0 bridgehead atoms. The fourth-order valence-electron chi connectivity index (χ4n) is 4.93. The lowest BCUT2D eigenvalue weighted by atomic mass is 10.2. The van der Waals surface area contributed by atoms with Crippen molar-refractivity contribution in [3.8, 4) is 0 Å². The van der Waals surface area contributed by atoms with E-state index in [0.717, 1.165) is 11.1 Å². The van der Waals surface area contributed by atoms with Gasteiger partial charge in [-0.05, 0) is 97.8 Å². The van der Waals surface area contributed by atoms with Gasteiger partial charge in [0.1, 0.15) is 9.79 Å². The maximum absolute atomic E-state index is 13.1. The van der Waals surface area contributed by atoms with Crippen molar-refractivity contribution in [3.05, 3.63) is 132 Å². The Kier molecular flexibility index (Phi) is 11.8. The zero-order valence-electron chi connectivity index (χ0n) is 28.6. The number of sulfonamides is 2. The topological polar surface area (TPSA) is 233 Å². The average molecular weight is 771 g/mol. The molecular formula is C36H34N8O8S2. The van der Waals surface area contributed by atoms with Crippen molar-refractivity contribution in [3.63, 3.8) is 0 Å². The molecule has 0 radical (unpaired) electrons. The first kappa shape index (κ1) is 38.3. The van der Waals surface area contributed by atoms with Gasteiger partial charge >= 0.3 is 24.1 Å². The molecule has 5 aromatic rings. The maximum Gasteiger partial charge on any atom is 0.333 e. The molecule has 0 aromatic heterocycles. The average Bonchev–Trinajstić information content (AvgIpc) is 3.09. The number of carbonyl (C=O) groups excluding carboxylic acids is 4.